The summed E-state index contributed by atoms with van der Waals surface area (Å²) in [5.74, 6) is -1.85. The SMILES string of the molecule is COc1ccc(C(N)=O)cc1.Cc1ccc(C(N)=O)cc1.Cc1ccccc1C(N)=O.NC(=O)c1ccc(Cl)cc1.NC(=O)c1ccc([N+](=O)[O-])cc1.NC(=O)c1ccccc1. The first-order valence-electron chi connectivity index (χ1n) is 17.9. The summed E-state index contributed by atoms with van der Waals surface area (Å²) >= 11 is 5.56. The van der Waals surface area contributed by atoms with E-state index in [1.165, 1.54) is 24.3 Å². The summed E-state index contributed by atoms with van der Waals surface area (Å²) in [5, 5.41) is 10.8. The summed E-state index contributed by atoms with van der Waals surface area (Å²) in [6, 6.07) is 41.4. The number of nitrogens with two attached hydrogens (primary N) is 6. The summed E-state index contributed by atoms with van der Waals surface area (Å²) in [6.07, 6.45) is 0. The van der Waals surface area contributed by atoms with E-state index in [1.54, 1.807) is 104 Å². The third-order valence-corrected chi connectivity index (χ3v) is 7.92. The summed E-state index contributed by atoms with van der Waals surface area (Å²) in [7, 11) is 1.57. The molecule has 0 bridgehead atoms. The van der Waals surface area contributed by atoms with Gasteiger partial charge in [-0.05, 0) is 110 Å². The molecule has 0 fully saturated rings. The number of halogens is 1. The number of aryl methyl sites for hydroxylation is 2. The van der Waals surface area contributed by atoms with Crippen LogP contribution in [0.25, 0.3) is 0 Å². The highest BCUT2D eigenvalue weighted by atomic mass is 35.5. The Morgan fingerprint density at radius 2 is 0.806 bits per heavy atom. The lowest BCUT2D eigenvalue weighted by atomic mass is 10.1. The van der Waals surface area contributed by atoms with E-state index >= 15 is 0 Å². The van der Waals surface area contributed by atoms with E-state index in [2.05, 4.69) is 0 Å². The molecule has 12 N–H and O–H groups in total. The van der Waals surface area contributed by atoms with Gasteiger partial charge in [-0.3, -0.25) is 38.9 Å². The number of carbonyl (C=O) groups is 6. The van der Waals surface area contributed by atoms with Gasteiger partial charge in [0.15, 0.2) is 0 Å². The Kier molecular flexibility index (Phi) is 22.8. The normalized spacial score (nSPS) is 9.23. The number of non-ortho nitro benzene ring substituents is 1. The van der Waals surface area contributed by atoms with Gasteiger partial charge in [0.2, 0.25) is 35.4 Å². The van der Waals surface area contributed by atoms with Crippen LogP contribution in [0.15, 0.2) is 152 Å². The van der Waals surface area contributed by atoms with Crippen molar-refractivity contribution in [1.29, 1.82) is 0 Å². The van der Waals surface area contributed by atoms with E-state index < -0.39 is 22.6 Å². The van der Waals surface area contributed by atoms with Crippen LogP contribution >= 0.6 is 11.6 Å². The van der Waals surface area contributed by atoms with Crippen LogP contribution < -0.4 is 39.1 Å². The fraction of sp³-hybridized carbons (Fsp3) is 0.0667. The van der Waals surface area contributed by atoms with Crippen LogP contribution in [0.1, 0.15) is 73.3 Å². The van der Waals surface area contributed by atoms with E-state index in [9.17, 15) is 38.9 Å². The molecular formula is C45H46ClN7O9. The first kappa shape index (κ1) is 51.6. The third-order valence-electron chi connectivity index (χ3n) is 7.67. The maximum absolute atomic E-state index is 10.6. The zero-order chi connectivity index (χ0) is 46.8. The minimum Gasteiger partial charge on any atom is -0.497 e. The van der Waals surface area contributed by atoms with Crippen LogP contribution in [0.2, 0.25) is 5.02 Å². The van der Waals surface area contributed by atoms with Crippen LogP contribution in [-0.2, 0) is 0 Å². The Morgan fingerprint density at radius 1 is 0.468 bits per heavy atom. The Labute approximate surface area is 362 Å². The van der Waals surface area contributed by atoms with Gasteiger partial charge in [0.25, 0.3) is 5.69 Å². The summed E-state index contributed by atoms with van der Waals surface area (Å²) in [6.45, 7) is 3.82. The minimum absolute atomic E-state index is 0.0556. The highest BCUT2D eigenvalue weighted by molar-refractivity contribution is 6.30. The van der Waals surface area contributed by atoms with Gasteiger partial charge in [0, 0.05) is 50.5 Å². The molecule has 0 radical (unpaired) electrons. The second-order valence-corrected chi connectivity index (χ2v) is 12.7. The number of rotatable bonds is 8. The zero-order valence-corrected chi connectivity index (χ0v) is 34.7. The molecule has 6 rings (SSSR count). The third kappa shape index (κ3) is 20.4. The van der Waals surface area contributed by atoms with Crippen molar-refractivity contribution in [3.63, 3.8) is 0 Å². The van der Waals surface area contributed by atoms with Gasteiger partial charge in [-0.2, -0.15) is 0 Å². The number of methoxy groups -OCH3 is 1. The molecule has 0 aliphatic rings. The van der Waals surface area contributed by atoms with E-state index in [0.717, 1.165) is 16.9 Å². The Morgan fingerprint density at radius 3 is 1.13 bits per heavy atom. The summed E-state index contributed by atoms with van der Waals surface area (Å²) < 4.78 is 4.90. The number of nitro groups is 1. The van der Waals surface area contributed by atoms with Crippen LogP contribution in [0, 0.1) is 24.0 Å². The van der Waals surface area contributed by atoms with Crippen molar-refractivity contribution in [3.05, 3.63) is 211 Å². The number of primary amides is 6. The molecule has 6 aromatic carbocycles. The van der Waals surface area contributed by atoms with E-state index in [1.807, 2.05) is 44.2 Å². The fourth-order valence-electron chi connectivity index (χ4n) is 4.29. The highest BCUT2D eigenvalue weighted by Gasteiger charge is 2.06. The molecule has 16 nitrogen and oxygen atoms in total. The zero-order valence-electron chi connectivity index (χ0n) is 33.9. The van der Waals surface area contributed by atoms with Gasteiger partial charge >= 0.3 is 0 Å². The first-order chi connectivity index (χ1) is 29.3. The number of benzene rings is 6. The molecule has 322 valence electrons. The van der Waals surface area contributed by atoms with Crippen molar-refractivity contribution in [2.24, 2.45) is 34.4 Å². The molecule has 17 heteroatoms. The standard InChI is InChI=1S/C8H9NO2.2C8H9NO.C7H6ClNO.C7H6N2O3.C7H7NO/c1-11-7-4-2-6(3-5-7)8(9)10;1-6-2-4-7(5-3-6)8(9)10;1-6-4-2-3-5-7(6)8(9)10;8-6-3-1-5(2-4-6)7(9)10;8-7(10)5-1-3-6(4-2-5)9(11)12;8-7(9)6-4-2-1-3-5-6/h2-5H,1H3,(H2,9,10);2*2-5H,1H3,(H2,9,10);1-4H,(H2,9,10);1-4H,(H2,8,10);1-5H,(H2,8,9). The van der Waals surface area contributed by atoms with Crippen molar-refractivity contribution >= 4 is 52.7 Å². The molecule has 0 aromatic heterocycles. The van der Waals surface area contributed by atoms with E-state index in [0.29, 0.717) is 32.8 Å². The lowest BCUT2D eigenvalue weighted by Crippen LogP contribution is -2.12. The number of nitro benzene ring substituents is 1. The minimum atomic E-state index is -0.593. The fourth-order valence-corrected chi connectivity index (χ4v) is 4.41. The molecular weight excluding hydrogens is 818 g/mol. The highest BCUT2D eigenvalue weighted by Crippen LogP contribution is 2.12. The van der Waals surface area contributed by atoms with Crippen LogP contribution in [0.5, 0.6) is 5.75 Å². The van der Waals surface area contributed by atoms with Crippen molar-refractivity contribution in [1.82, 2.24) is 0 Å². The molecule has 6 aromatic rings. The summed E-state index contributed by atoms with van der Waals surface area (Å²) in [5.41, 5.74) is 35.0. The van der Waals surface area contributed by atoms with Crippen LogP contribution in [0.3, 0.4) is 0 Å². The number of carbonyl (C=O) groups excluding carboxylic acids is 6. The first-order valence-corrected chi connectivity index (χ1v) is 18.2. The van der Waals surface area contributed by atoms with Gasteiger partial charge in [-0.15, -0.1) is 0 Å². The lowest BCUT2D eigenvalue weighted by Gasteiger charge is -1.98. The van der Waals surface area contributed by atoms with Crippen molar-refractivity contribution in [2.75, 3.05) is 7.11 Å². The predicted molar refractivity (Wildman–Crippen MR) is 237 cm³/mol. The predicted octanol–water partition coefficient (Wildman–Crippen LogP) is 5.90. The van der Waals surface area contributed by atoms with Crippen molar-refractivity contribution in [2.45, 2.75) is 13.8 Å². The van der Waals surface area contributed by atoms with Crippen LogP contribution in [-0.4, -0.2) is 47.5 Å². The van der Waals surface area contributed by atoms with Gasteiger partial charge in [-0.25, -0.2) is 0 Å². The molecule has 0 unspecified atom stereocenters. The van der Waals surface area contributed by atoms with Gasteiger partial charge in [0.1, 0.15) is 5.75 Å². The molecule has 0 saturated carbocycles. The van der Waals surface area contributed by atoms with E-state index in [4.69, 9.17) is 50.7 Å². The van der Waals surface area contributed by atoms with Crippen molar-refractivity contribution < 1.29 is 38.4 Å². The number of hydrogen-bond acceptors (Lipinski definition) is 9. The average molecular weight is 864 g/mol. The Bertz CT molecular complexity index is 2310. The van der Waals surface area contributed by atoms with Gasteiger partial charge in [0.05, 0.1) is 12.0 Å². The van der Waals surface area contributed by atoms with Crippen LogP contribution in [0.4, 0.5) is 5.69 Å². The molecule has 0 aliphatic carbocycles. The lowest BCUT2D eigenvalue weighted by molar-refractivity contribution is -0.384. The maximum atomic E-state index is 10.6. The number of nitrogens with zero attached hydrogens (tertiary/aromatic N) is 1. The Hall–Kier alpha value is -8.37. The monoisotopic (exact) mass is 863 g/mol. The molecule has 0 spiro atoms. The van der Waals surface area contributed by atoms with Crippen molar-refractivity contribution in [3.8, 4) is 5.75 Å². The Balaban J connectivity index is 0.000000373. The number of ether oxygens (including phenoxy) is 1. The average Bonchev–Trinajstić information content (AvgIpc) is 3.25. The quantitative estimate of drug-likeness (QED) is 0.0782. The smallest absolute Gasteiger partial charge is 0.269 e. The molecule has 62 heavy (non-hydrogen) atoms. The summed E-state index contributed by atoms with van der Waals surface area (Å²) in [4.78, 5) is 72.8. The molecule has 0 aliphatic heterocycles. The van der Waals surface area contributed by atoms with Gasteiger partial charge < -0.3 is 39.1 Å². The van der Waals surface area contributed by atoms with Gasteiger partial charge in [-0.1, -0.05) is 65.7 Å². The molecule has 0 atom stereocenters. The second kappa shape index (κ2) is 27.3. The second-order valence-electron chi connectivity index (χ2n) is 12.3. The van der Waals surface area contributed by atoms with E-state index in [-0.39, 0.29) is 29.0 Å². The maximum Gasteiger partial charge on any atom is 0.269 e. The molecule has 0 saturated heterocycles. The molecule has 6 amide bonds. The number of amides is 6. The topological polar surface area (TPSA) is 311 Å². The number of hydrogen-bond donors (Lipinski definition) is 6. The largest absolute Gasteiger partial charge is 0.497 e. The molecule has 0 heterocycles.